The van der Waals surface area contributed by atoms with Gasteiger partial charge in [-0.3, -0.25) is 19.7 Å². The van der Waals surface area contributed by atoms with Crippen LogP contribution in [0.2, 0.25) is 0 Å². The van der Waals surface area contributed by atoms with E-state index < -0.39 is 23.8 Å². The fourth-order valence-corrected chi connectivity index (χ4v) is 3.77. The Labute approximate surface area is 191 Å². The Morgan fingerprint density at radius 2 is 1.81 bits per heavy atom. The number of urea groups is 1. The molecule has 0 saturated carbocycles. The molecular weight excluding hydrogens is 478 g/mol. The van der Waals surface area contributed by atoms with Crippen LogP contribution in [0.5, 0.6) is 0 Å². The number of nitrogens with one attached hydrogen (secondary N) is 1. The number of carbonyl (C=O) groups excluding carboxylic acids is 4. The van der Waals surface area contributed by atoms with E-state index >= 15 is 0 Å². The van der Waals surface area contributed by atoms with E-state index in [1.807, 2.05) is 24.3 Å². The highest BCUT2D eigenvalue weighted by Crippen LogP contribution is 2.27. The number of benzene rings is 2. The van der Waals surface area contributed by atoms with Gasteiger partial charge in [-0.05, 0) is 43.3 Å². The number of nitrogens with zero attached hydrogens (tertiary/aromatic N) is 2. The van der Waals surface area contributed by atoms with Crippen LogP contribution in [0.15, 0.2) is 64.8 Å². The van der Waals surface area contributed by atoms with Gasteiger partial charge in [0.25, 0.3) is 11.8 Å². The van der Waals surface area contributed by atoms with Crippen molar-refractivity contribution in [1.82, 2.24) is 9.88 Å². The quantitative estimate of drug-likeness (QED) is 0.331. The van der Waals surface area contributed by atoms with E-state index in [4.69, 9.17) is 4.74 Å². The van der Waals surface area contributed by atoms with Gasteiger partial charge in [0.1, 0.15) is 12.1 Å². The maximum Gasteiger partial charge on any atom is 0.335 e. The number of anilines is 1. The van der Waals surface area contributed by atoms with E-state index in [0.29, 0.717) is 11.3 Å². The maximum atomic E-state index is 13.1. The van der Waals surface area contributed by atoms with Crippen LogP contribution >= 0.6 is 15.9 Å². The topological polar surface area (TPSA) is 97.7 Å². The second-order valence-electron chi connectivity index (χ2n) is 6.97. The number of ether oxygens (including phenoxy) is 1. The molecule has 1 N–H and O–H groups in total. The number of para-hydroxylation sites is 1. The van der Waals surface area contributed by atoms with Crippen molar-refractivity contribution in [2.75, 3.05) is 11.5 Å². The van der Waals surface area contributed by atoms with Crippen molar-refractivity contribution >= 4 is 62.4 Å². The summed E-state index contributed by atoms with van der Waals surface area (Å²) in [7, 11) is 0. The third-order valence-corrected chi connectivity index (χ3v) is 5.44. The summed E-state index contributed by atoms with van der Waals surface area (Å²) >= 11 is 3.31. The second-order valence-corrected chi connectivity index (χ2v) is 7.88. The molecule has 8 nitrogen and oxygen atoms in total. The average Bonchev–Trinajstić information content (AvgIpc) is 3.10. The van der Waals surface area contributed by atoms with Crippen LogP contribution < -0.4 is 10.2 Å². The molecule has 1 saturated heterocycles. The van der Waals surface area contributed by atoms with Gasteiger partial charge < -0.3 is 9.30 Å². The summed E-state index contributed by atoms with van der Waals surface area (Å²) in [4.78, 5) is 50.9. The molecule has 32 heavy (non-hydrogen) atoms. The minimum Gasteiger partial charge on any atom is -0.465 e. The first kappa shape index (κ1) is 21.5. The van der Waals surface area contributed by atoms with Crippen LogP contribution in [-0.4, -0.2) is 35.0 Å². The van der Waals surface area contributed by atoms with E-state index in [9.17, 15) is 19.2 Å². The first-order valence-corrected chi connectivity index (χ1v) is 10.6. The Morgan fingerprint density at radius 3 is 2.53 bits per heavy atom. The van der Waals surface area contributed by atoms with E-state index in [2.05, 4.69) is 21.2 Å². The highest BCUT2D eigenvalue weighted by molar-refractivity contribution is 9.10. The lowest BCUT2D eigenvalue weighted by Gasteiger charge is -2.26. The predicted octanol–water partition coefficient (Wildman–Crippen LogP) is 3.63. The Kier molecular flexibility index (Phi) is 5.91. The highest BCUT2D eigenvalue weighted by Gasteiger charge is 2.37. The number of esters is 1. The minimum atomic E-state index is -0.816. The lowest BCUT2D eigenvalue weighted by Crippen LogP contribution is -2.54. The second kappa shape index (κ2) is 8.80. The van der Waals surface area contributed by atoms with Gasteiger partial charge in [0, 0.05) is 27.1 Å². The molecule has 0 aliphatic carbocycles. The van der Waals surface area contributed by atoms with Gasteiger partial charge in [0.2, 0.25) is 0 Å². The summed E-state index contributed by atoms with van der Waals surface area (Å²) in [6.45, 7) is 1.98. The van der Waals surface area contributed by atoms with Crippen LogP contribution in [0.1, 0.15) is 12.5 Å². The Morgan fingerprint density at radius 1 is 1.09 bits per heavy atom. The van der Waals surface area contributed by atoms with Crippen molar-refractivity contribution in [3.63, 3.8) is 0 Å². The van der Waals surface area contributed by atoms with Gasteiger partial charge in [-0.1, -0.05) is 34.1 Å². The molecule has 4 amide bonds. The molecular formula is C23H18BrN3O5. The average molecular weight is 496 g/mol. The monoisotopic (exact) mass is 495 g/mol. The van der Waals surface area contributed by atoms with Crippen molar-refractivity contribution < 1.29 is 23.9 Å². The molecule has 1 aliphatic rings. The zero-order valence-electron chi connectivity index (χ0n) is 17.0. The molecule has 2 aromatic carbocycles. The van der Waals surface area contributed by atoms with Gasteiger partial charge in [0.15, 0.2) is 0 Å². The number of rotatable bonds is 5. The van der Waals surface area contributed by atoms with Crippen LogP contribution in [0.25, 0.3) is 17.0 Å². The normalized spacial score (nSPS) is 15.4. The zero-order valence-corrected chi connectivity index (χ0v) is 18.6. The molecule has 1 fully saturated rings. The van der Waals surface area contributed by atoms with Crippen LogP contribution in [0.3, 0.4) is 0 Å². The van der Waals surface area contributed by atoms with Crippen molar-refractivity contribution in [1.29, 1.82) is 0 Å². The van der Waals surface area contributed by atoms with E-state index in [-0.39, 0.29) is 18.7 Å². The van der Waals surface area contributed by atoms with Crippen LogP contribution in [0, 0.1) is 0 Å². The summed E-state index contributed by atoms with van der Waals surface area (Å²) in [6.07, 6.45) is 3.11. The molecule has 162 valence electrons. The van der Waals surface area contributed by atoms with E-state index in [1.54, 1.807) is 42.0 Å². The number of fused-ring (bicyclic) bond motifs is 1. The van der Waals surface area contributed by atoms with Gasteiger partial charge in [-0.2, -0.15) is 0 Å². The molecule has 0 radical (unpaired) electrons. The standard InChI is InChI=1S/C23H18BrN3O5/c1-2-32-20(28)13-26-12-14(17-5-3-4-6-19(17)26)11-18-21(29)25-23(31)27(22(18)30)16-9-7-15(24)8-10-16/h3-12H,2,13H2,1H3,(H,25,29,31)/b18-11-. The summed E-state index contributed by atoms with van der Waals surface area (Å²) in [5, 5.41) is 2.96. The number of halogens is 1. The highest BCUT2D eigenvalue weighted by atomic mass is 79.9. The number of aromatic nitrogens is 1. The zero-order chi connectivity index (χ0) is 22.8. The Balaban J connectivity index is 1.76. The van der Waals surface area contributed by atoms with Crippen molar-refractivity contribution in [2.24, 2.45) is 0 Å². The maximum absolute atomic E-state index is 13.1. The van der Waals surface area contributed by atoms with Crippen molar-refractivity contribution in [3.8, 4) is 0 Å². The number of carbonyl (C=O) groups is 4. The SMILES string of the molecule is CCOC(=O)Cn1cc(/C=C2/C(=O)NC(=O)N(c3ccc(Br)cc3)C2=O)c2ccccc21. The molecule has 4 rings (SSSR count). The van der Waals surface area contributed by atoms with Gasteiger partial charge in [-0.15, -0.1) is 0 Å². The lowest BCUT2D eigenvalue weighted by atomic mass is 10.1. The molecule has 0 bridgehead atoms. The first-order chi connectivity index (χ1) is 15.4. The van der Waals surface area contributed by atoms with E-state index in [0.717, 1.165) is 20.3 Å². The molecule has 9 heteroatoms. The molecule has 1 aliphatic heterocycles. The third-order valence-electron chi connectivity index (χ3n) is 4.91. The van der Waals surface area contributed by atoms with Crippen LogP contribution in [0.4, 0.5) is 10.5 Å². The molecule has 0 atom stereocenters. The van der Waals surface area contributed by atoms with Crippen molar-refractivity contribution in [3.05, 3.63) is 70.3 Å². The summed E-state index contributed by atoms with van der Waals surface area (Å²) in [5.41, 5.74) is 1.45. The fourth-order valence-electron chi connectivity index (χ4n) is 3.50. The smallest absolute Gasteiger partial charge is 0.335 e. The Hall–Kier alpha value is -3.72. The molecule has 0 spiro atoms. The third kappa shape index (κ3) is 4.06. The molecule has 0 unspecified atom stereocenters. The largest absolute Gasteiger partial charge is 0.465 e. The van der Waals surface area contributed by atoms with Gasteiger partial charge in [0.05, 0.1) is 12.3 Å². The molecule has 3 aromatic rings. The predicted molar refractivity (Wildman–Crippen MR) is 122 cm³/mol. The fraction of sp³-hybridized carbons (Fsp3) is 0.130. The van der Waals surface area contributed by atoms with Gasteiger partial charge >= 0.3 is 12.0 Å². The van der Waals surface area contributed by atoms with Crippen LogP contribution in [-0.2, 0) is 25.7 Å². The number of imide groups is 2. The lowest BCUT2D eigenvalue weighted by molar-refractivity contribution is -0.143. The number of hydrogen-bond acceptors (Lipinski definition) is 5. The summed E-state index contributed by atoms with van der Waals surface area (Å²) in [5.74, 6) is -1.91. The minimum absolute atomic E-state index is 0.0127. The number of hydrogen-bond donors (Lipinski definition) is 1. The van der Waals surface area contributed by atoms with Crippen molar-refractivity contribution in [2.45, 2.75) is 13.5 Å². The van der Waals surface area contributed by atoms with Gasteiger partial charge in [-0.25, -0.2) is 9.69 Å². The summed E-state index contributed by atoms with van der Waals surface area (Å²) in [6, 6.07) is 13.1. The first-order valence-electron chi connectivity index (χ1n) is 9.79. The molecule has 2 heterocycles. The number of amides is 4. The molecule has 1 aromatic heterocycles. The number of barbiturate groups is 1. The Bertz CT molecular complexity index is 1280. The summed E-state index contributed by atoms with van der Waals surface area (Å²) < 4.78 is 7.51. The van der Waals surface area contributed by atoms with E-state index in [1.165, 1.54) is 6.08 Å².